The average molecular weight is 372 g/mol. The molecule has 4 rings (SSSR count). The average Bonchev–Trinajstić information content (AvgIpc) is 2.54. The molecule has 0 radical (unpaired) electrons. The Balaban J connectivity index is 1.78. The number of nitrogens with zero attached hydrogens (tertiary/aromatic N) is 5. The van der Waals surface area contributed by atoms with Crippen molar-refractivity contribution < 1.29 is 0 Å². The minimum Gasteiger partial charge on any atom is -0.351 e. The Morgan fingerprint density at radius 1 is 1.30 bits per heavy atom. The minimum atomic E-state index is -0.116. The van der Waals surface area contributed by atoms with Crippen molar-refractivity contribution in [2.24, 2.45) is 0 Å². The fourth-order valence-corrected chi connectivity index (χ4v) is 3.32. The lowest BCUT2D eigenvalue weighted by atomic mass is 10.1. The summed E-state index contributed by atoms with van der Waals surface area (Å²) in [5.74, 6) is 1.30. The van der Waals surface area contributed by atoms with Gasteiger partial charge in [-0.1, -0.05) is 0 Å². The number of fused-ring (bicyclic) bond motifs is 2. The van der Waals surface area contributed by atoms with E-state index in [1.54, 1.807) is 0 Å². The van der Waals surface area contributed by atoms with E-state index in [0.717, 1.165) is 41.1 Å². The van der Waals surface area contributed by atoms with Crippen molar-refractivity contribution in [2.45, 2.75) is 19.9 Å². The van der Waals surface area contributed by atoms with Crippen LogP contribution in [-0.2, 0) is 13.0 Å². The molecule has 0 bridgehead atoms. The highest BCUT2D eigenvalue weighted by Crippen LogP contribution is 2.26. The summed E-state index contributed by atoms with van der Waals surface area (Å²) < 4.78 is 2.46. The lowest BCUT2D eigenvalue weighted by Crippen LogP contribution is -2.32. The van der Waals surface area contributed by atoms with Crippen molar-refractivity contribution in [3.8, 4) is 0 Å². The van der Waals surface area contributed by atoms with E-state index in [1.165, 1.54) is 22.2 Å². The fraction of sp³-hybridized carbons (Fsp3) is 0.250. The van der Waals surface area contributed by atoms with E-state index in [-0.39, 0.29) is 5.56 Å². The zero-order valence-corrected chi connectivity index (χ0v) is 14.1. The molecule has 0 saturated heterocycles. The van der Waals surface area contributed by atoms with Crippen LogP contribution in [0.4, 0.5) is 5.82 Å². The lowest BCUT2D eigenvalue weighted by Gasteiger charge is -2.30. The summed E-state index contributed by atoms with van der Waals surface area (Å²) in [7, 11) is 0. The second kappa shape index (κ2) is 5.42. The van der Waals surface area contributed by atoms with Crippen LogP contribution in [0.5, 0.6) is 0 Å². The maximum atomic E-state index is 11.9. The van der Waals surface area contributed by atoms with Crippen LogP contribution < -0.4 is 10.5 Å². The third-order valence-electron chi connectivity index (χ3n) is 4.05. The van der Waals surface area contributed by atoms with Crippen LogP contribution >= 0.6 is 15.9 Å². The number of hydrogen-bond donors (Lipinski definition) is 0. The van der Waals surface area contributed by atoms with Crippen LogP contribution in [0.2, 0.25) is 0 Å². The van der Waals surface area contributed by atoms with Gasteiger partial charge in [-0.25, -0.2) is 4.98 Å². The molecule has 0 aromatic carbocycles. The second-order valence-corrected chi connectivity index (χ2v) is 6.55. The summed E-state index contributed by atoms with van der Waals surface area (Å²) >= 11 is 3.48. The number of hydrogen-bond acceptors (Lipinski definition) is 5. The fourth-order valence-electron chi connectivity index (χ4n) is 2.95. The SMILES string of the molecule is Cc1cn2c(=O)ccnc2nc1N1CCc2ncc(Br)cc2C1. The van der Waals surface area contributed by atoms with Gasteiger partial charge in [-0.2, -0.15) is 4.98 Å². The molecule has 3 aromatic heterocycles. The zero-order valence-electron chi connectivity index (χ0n) is 12.5. The number of aromatic nitrogens is 4. The van der Waals surface area contributed by atoms with Crippen LogP contribution in [0.15, 0.2) is 40.0 Å². The molecule has 0 saturated carbocycles. The zero-order chi connectivity index (χ0) is 16.0. The molecular formula is C16H14BrN5O. The van der Waals surface area contributed by atoms with Crippen molar-refractivity contribution in [3.05, 3.63) is 62.4 Å². The minimum absolute atomic E-state index is 0.116. The predicted octanol–water partition coefficient (Wildman–Crippen LogP) is 2.12. The molecule has 0 unspecified atom stereocenters. The van der Waals surface area contributed by atoms with Crippen molar-refractivity contribution in [3.63, 3.8) is 0 Å². The number of pyridine rings is 1. The molecule has 0 amide bonds. The normalized spacial score (nSPS) is 14.1. The van der Waals surface area contributed by atoms with Gasteiger partial charge in [-0.05, 0) is 34.5 Å². The lowest BCUT2D eigenvalue weighted by molar-refractivity contribution is 0.698. The first-order valence-corrected chi connectivity index (χ1v) is 8.14. The predicted molar refractivity (Wildman–Crippen MR) is 90.7 cm³/mol. The molecule has 116 valence electrons. The maximum Gasteiger partial charge on any atom is 0.259 e. The quantitative estimate of drug-likeness (QED) is 0.655. The van der Waals surface area contributed by atoms with Gasteiger partial charge in [-0.15, -0.1) is 0 Å². The molecule has 1 aliphatic heterocycles. The Hall–Kier alpha value is -2.28. The third-order valence-corrected chi connectivity index (χ3v) is 4.48. The number of halogens is 1. The molecule has 3 aromatic rings. The van der Waals surface area contributed by atoms with Crippen LogP contribution in [0.1, 0.15) is 16.8 Å². The van der Waals surface area contributed by atoms with Gasteiger partial charge < -0.3 is 4.90 Å². The van der Waals surface area contributed by atoms with Gasteiger partial charge in [0.15, 0.2) is 0 Å². The molecule has 6 nitrogen and oxygen atoms in total. The summed E-state index contributed by atoms with van der Waals surface area (Å²) in [5.41, 5.74) is 3.18. The second-order valence-electron chi connectivity index (χ2n) is 5.63. The summed E-state index contributed by atoms with van der Waals surface area (Å²) in [4.78, 5) is 27.4. The highest BCUT2D eigenvalue weighted by molar-refractivity contribution is 9.10. The topological polar surface area (TPSA) is 63.4 Å². The summed E-state index contributed by atoms with van der Waals surface area (Å²) in [6.45, 7) is 3.57. The van der Waals surface area contributed by atoms with E-state index in [2.05, 4.69) is 41.8 Å². The van der Waals surface area contributed by atoms with Crippen molar-refractivity contribution in [1.82, 2.24) is 19.4 Å². The Bertz CT molecular complexity index is 968. The largest absolute Gasteiger partial charge is 0.351 e. The first kappa shape index (κ1) is 14.3. The van der Waals surface area contributed by atoms with Gasteiger partial charge in [0, 0.05) is 59.9 Å². The van der Waals surface area contributed by atoms with E-state index in [0.29, 0.717) is 5.78 Å². The highest BCUT2D eigenvalue weighted by Gasteiger charge is 2.20. The van der Waals surface area contributed by atoms with Gasteiger partial charge in [0.1, 0.15) is 5.82 Å². The van der Waals surface area contributed by atoms with E-state index in [9.17, 15) is 4.79 Å². The van der Waals surface area contributed by atoms with Crippen molar-refractivity contribution >= 4 is 27.5 Å². The molecule has 4 heterocycles. The first-order chi connectivity index (χ1) is 11.1. The molecule has 7 heteroatoms. The molecule has 0 atom stereocenters. The van der Waals surface area contributed by atoms with E-state index < -0.39 is 0 Å². The molecule has 1 aliphatic rings. The molecular weight excluding hydrogens is 358 g/mol. The Labute approximate surface area is 141 Å². The van der Waals surface area contributed by atoms with Gasteiger partial charge in [-0.3, -0.25) is 14.2 Å². The van der Waals surface area contributed by atoms with E-state index in [4.69, 9.17) is 0 Å². The number of aryl methyl sites for hydroxylation is 1. The van der Waals surface area contributed by atoms with E-state index >= 15 is 0 Å². The van der Waals surface area contributed by atoms with Gasteiger partial charge in [0.2, 0.25) is 5.78 Å². The molecule has 0 N–H and O–H groups in total. The standard InChI is InChI=1S/C16H14BrN5O/c1-10-8-22-14(23)2-4-18-16(22)20-15(10)21-5-3-13-11(9-21)6-12(17)7-19-13/h2,4,6-8H,3,5,9H2,1H3. The van der Waals surface area contributed by atoms with Crippen LogP contribution in [0.25, 0.3) is 5.78 Å². The van der Waals surface area contributed by atoms with Gasteiger partial charge in [0.05, 0.1) is 0 Å². The van der Waals surface area contributed by atoms with Gasteiger partial charge >= 0.3 is 0 Å². The Morgan fingerprint density at radius 2 is 2.17 bits per heavy atom. The molecule has 23 heavy (non-hydrogen) atoms. The summed E-state index contributed by atoms with van der Waals surface area (Å²) in [6, 6.07) is 3.54. The molecule has 0 aliphatic carbocycles. The Kier molecular flexibility index (Phi) is 3.37. The summed E-state index contributed by atoms with van der Waals surface area (Å²) in [6.07, 6.45) is 6.02. The van der Waals surface area contributed by atoms with E-state index in [1.807, 2.05) is 19.3 Å². The molecule has 0 spiro atoms. The number of rotatable bonds is 1. The van der Waals surface area contributed by atoms with Crippen LogP contribution in [-0.4, -0.2) is 25.9 Å². The molecule has 0 fully saturated rings. The highest BCUT2D eigenvalue weighted by atomic mass is 79.9. The smallest absolute Gasteiger partial charge is 0.259 e. The summed E-state index contributed by atoms with van der Waals surface area (Å²) in [5, 5.41) is 0. The first-order valence-electron chi connectivity index (χ1n) is 7.35. The van der Waals surface area contributed by atoms with Crippen molar-refractivity contribution in [1.29, 1.82) is 0 Å². The van der Waals surface area contributed by atoms with Crippen LogP contribution in [0, 0.1) is 6.92 Å². The van der Waals surface area contributed by atoms with Gasteiger partial charge in [0.25, 0.3) is 5.56 Å². The monoisotopic (exact) mass is 371 g/mol. The number of anilines is 1. The Morgan fingerprint density at radius 3 is 3.04 bits per heavy atom. The van der Waals surface area contributed by atoms with Crippen molar-refractivity contribution in [2.75, 3.05) is 11.4 Å². The third kappa shape index (κ3) is 2.50. The van der Waals surface area contributed by atoms with Crippen LogP contribution in [0.3, 0.4) is 0 Å². The maximum absolute atomic E-state index is 11.9.